The van der Waals surface area contributed by atoms with Crippen molar-refractivity contribution >= 4 is 0 Å². The Morgan fingerprint density at radius 1 is 1.10 bits per heavy atom. The molecule has 0 amide bonds. The maximum Gasteiger partial charge on any atom is 0.184 e. The Morgan fingerprint density at radius 2 is 1.81 bits per heavy atom. The Kier molecular flexibility index (Phi) is 4.06. The topological polar surface area (TPSA) is 47.9 Å². The van der Waals surface area contributed by atoms with E-state index >= 15 is 0 Å². The Bertz CT molecular complexity index is 477. The number of benzene rings is 1. The maximum absolute atomic E-state index is 10.1. The van der Waals surface area contributed by atoms with Gasteiger partial charge in [0.05, 0.1) is 12.7 Å². The number of aliphatic hydroxyl groups excluding tert-OH is 1. The average Bonchev–Trinajstić information content (AvgIpc) is 2.47. The molecule has 0 spiro atoms. The fourth-order valence-electron chi connectivity index (χ4n) is 2.85. The van der Waals surface area contributed by atoms with Gasteiger partial charge in [0, 0.05) is 12.2 Å². The summed E-state index contributed by atoms with van der Waals surface area (Å²) >= 11 is 0. The minimum atomic E-state index is -0.469. The van der Waals surface area contributed by atoms with Crippen molar-refractivity contribution < 1.29 is 19.3 Å². The number of ether oxygens (including phenoxy) is 3. The second-order valence-corrected chi connectivity index (χ2v) is 6.90. The molecule has 116 valence electrons. The van der Waals surface area contributed by atoms with E-state index in [1.807, 2.05) is 12.1 Å². The van der Waals surface area contributed by atoms with E-state index in [1.165, 1.54) is 5.56 Å². The van der Waals surface area contributed by atoms with Crippen LogP contribution in [0.15, 0.2) is 24.3 Å². The van der Waals surface area contributed by atoms with E-state index in [0.29, 0.717) is 19.6 Å². The summed E-state index contributed by atoms with van der Waals surface area (Å²) in [6.07, 6.45) is -0.712. The predicted molar refractivity (Wildman–Crippen MR) is 79.1 cm³/mol. The van der Waals surface area contributed by atoms with Gasteiger partial charge in [-0.3, -0.25) is 0 Å². The third-order valence-electron chi connectivity index (χ3n) is 4.23. The summed E-state index contributed by atoms with van der Waals surface area (Å²) in [6, 6.07) is 8.31. The smallest absolute Gasteiger partial charge is 0.184 e. The van der Waals surface area contributed by atoms with Crippen LogP contribution in [0.5, 0.6) is 0 Å². The van der Waals surface area contributed by atoms with Gasteiger partial charge in [0.2, 0.25) is 0 Å². The number of rotatable bonds is 1. The van der Waals surface area contributed by atoms with Crippen molar-refractivity contribution in [3.8, 4) is 0 Å². The lowest BCUT2D eigenvalue weighted by Crippen LogP contribution is -2.52. The van der Waals surface area contributed by atoms with Crippen molar-refractivity contribution in [3.63, 3.8) is 0 Å². The molecule has 2 fully saturated rings. The van der Waals surface area contributed by atoms with Gasteiger partial charge in [0.15, 0.2) is 6.29 Å². The van der Waals surface area contributed by atoms with Gasteiger partial charge in [-0.15, -0.1) is 0 Å². The van der Waals surface area contributed by atoms with E-state index in [9.17, 15) is 5.11 Å². The quantitative estimate of drug-likeness (QED) is 0.864. The predicted octanol–water partition coefficient (Wildman–Crippen LogP) is 2.55. The number of hydrogen-bond donors (Lipinski definition) is 1. The molecule has 2 aliphatic rings. The minimum absolute atomic E-state index is 0.130. The van der Waals surface area contributed by atoms with Gasteiger partial charge in [-0.25, -0.2) is 0 Å². The first-order valence-corrected chi connectivity index (χ1v) is 7.62. The van der Waals surface area contributed by atoms with Crippen LogP contribution in [-0.2, 0) is 19.6 Å². The van der Waals surface area contributed by atoms with Crippen LogP contribution in [0.25, 0.3) is 0 Å². The molecule has 4 heteroatoms. The number of fused-ring (bicyclic) bond motifs is 1. The summed E-state index contributed by atoms with van der Waals surface area (Å²) < 4.78 is 17.3. The first-order chi connectivity index (χ1) is 9.95. The van der Waals surface area contributed by atoms with Crippen molar-refractivity contribution in [1.29, 1.82) is 0 Å². The molecule has 21 heavy (non-hydrogen) atoms. The molecule has 4 atom stereocenters. The zero-order valence-corrected chi connectivity index (χ0v) is 12.9. The van der Waals surface area contributed by atoms with Crippen LogP contribution in [0.4, 0.5) is 0 Å². The highest BCUT2D eigenvalue weighted by molar-refractivity contribution is 5.28. The highest BCUT2D eigenvalue weighted by Crippen LogP contribution is 2.33. The fourth-order valence-corrected chi connectivity index (χ4v) is 2.85. The third-order valence-corrected chi connectivity index (χ3v) is 4.23. The molecule has 1 aromatic rings. The van der Waals surface area contributed by atoms with Crippen LogP contribution < -0.4 is 0 Å². The second kappa shape index (κ2) is 5.69. The van der Waals surface area contributed by atoms with Gasteiger partial charge in [-0.2, -0.15) is 0 Å². The summed E-state index contributed by atoms with van der Waals surface area (Å²) in [7, 11) is 0. The monoisotopic (exact) mass is 292 g/mol. The van der Waals surface area contributed by atoms with Crippen LogP contribution in [0.2, 0.25) is 0 Å². The van der Waals surface area contributed by atoms with Gasteiger partial charge in [0.25, 0.3) is 0 Å². The second-order valence-electron chi connectivity index (χ2n) is 6.90. The molecular formula is C17H24O4. The zero-order chi connectivity index (χ0) is 15.0. The molecule has 1 N–H and O–H groups in total. The van der Waals surface area contributed by atoms with E-state index in [0.717, 1.165) is 5.56 Å². The SMILES string of the molecule is CC(C)(C)c1ccc(C2OCC3OCCC(O)[C@@H]3O2)cc1. The van der Waals surface area contributed by atoms with Crippen LogP contribution in [0.1, 0.15) is 44.6 Å². The highest BCUT2D eigenvalue weighted by Gasteiger charge is 2.40. The van der Waals surface area contributed by atoms with E-state index in [1.54, 1.807) is 0 Å². The average molecular weight is 292 g/mol. The normalized spacial score (nSPS) is 33.5. The molecule has 0 aliphatic carbocycles. The molecule has 0 aromatic heterocycles. The molecule has 0 saturated carbocycles. The molecule has 2 saturated heterocycles. The van der Waals surface area contributed by atoms with Gasteiger partial charge in [-0.05, 0) is 17.4 Å². The van der Waals surface area contributed by atoms with Crippen molar-refractivity contribution in [2.24, 2.45) is 0 Å². The Balaban J connectivity index is 1.72. The van der Waals surface area contributed by atoms with Crippen LogP contribution >= 0.6 is 0 Å². The summed E-state index contributed by atoms with van der Waals surface area (Å²) in [5.41, 5.74) is 2.39. The fraction of sp³-hybridized carbons (Fsp3) is 0.647. The lowest BCUT2D eigenvalue weighted by molar-refractivity contribution is -0.298. The Labute approximate surface area is 126 Å². The molecule has 3 rings (SSSR count). The molecule has 2 heterocycles. The molecule has 2 aliphatic heterocycles. The van der Waals surface area contributed by atoms with Crippen LogP contribution in [0, 0.1) is 0 Å². The molecule has 0 radical (unpaired) electrons. The van der Waals surface area contributed by atoms with Crippen molar-refractivity contribution in [2.75, 3.05) is 13.2 Å². The van der Waals surface area contributed by atoms with Gasteiger partial charge in [0.1, 0.15) is 12.2 Å². The molecule has 4 nitrogen and oxygen atoms in total. The summed E-state index contributed by atoms with van der Waals surface area (Å²) in [6.45, 7) is 7.61. The van der Waals surface area contributed by atoms with Gasteiger partial charge >= 0.3 is 0 Å². The Morgan fingerprint density at radius 3 is 2.48 bits per heavy atom. The number of hydrogen-bond acceptors (Lipinski definition) is 4. The standard InChI is InChI=1S/C17H24O4/c1-17(2,3)12-6-4-11(5-7-12)16-20-10-14-15(21-16)13(18)8-9-19-14/h4-7,13-16,18H,8-10H2,1-3H3/t13?,14?,15-,16?/m0/s1. The Hall–Kier alpha value is -0.940. The number of aliphatic hydroxyl groups is 1. The third kappa shape index (κ3) is 3.14. The molecule has 0 bridgehead atoms. The molecular weight excluding hydrogens is 268 g/mol. The van der Waals surface area contributed by atoms with E-state index < -0.39 is 12.4 Å². The van der Waals surface area contributed by atoms with Crippen LogP contribution in [0.3, 0.4) is 0 Å². The highest BCUT2D eigenvalue weighted by atomic mass is 16.7. The van der Waals surface area contributed by atoms with Gasteiger partial charge < -0.3 is 19.3 Å². The molecule has 1 aromatic carbocycles. The first-order valence-electron chi connectivity index (χ1n) is 7.62. The largest absolute Gasteiger partial charge is 0.390 e. The lowest BCUT2D eigenvalue weighted by atomic mass is 9.86. The maximum atomic E-state index is 10.1. The summed E-state index contributed by atoms with van der Waals surface area (Å²) in [5, 5.41) is 10.1. The minimum Gasteiger partial charge on any atom is -0.390 e. The van der Waals surface area contributed by atoms with Crippen molar-refractivity contribution in [1.82, 2.24) is 0 Å². The lowest BCUT2D eigenvalue weighted by Gasteiger charge is -2.41. The zero-order valence-electron chi connectivity index (χ0n) is 12.9. The van der Waals surface area contributed by atoms with Crippen LogP contribution in [-0.4, -0.2) is 36.6 Å². The summed E-state index contributed by atoms with van der Waals surface area (Å²) in [4.78, 5) is 0. The van der Waals surface area contributed by atoms with Crippen molar-refractivity contribution in [2.45, 2.75) is 57.2 Å². The van der Waals surface area contributed by atoms with Crippen molar-refractivity contribution in [3.05, 3.63) is 35.4 Å². The summed E-state index contributed by atoms with van der Waals surface area (Å²) in [5.74, 6) is 0. The first kappa shape index (κ1) is 15.0. The van der Waals surface area contributed by atoms with E-state index in [-0.39, 0.29) is 17.6 Å². The van der Waals surface area contributed by atoms with E-state index in [4.69, 9.17) is 14.2 Å². The molecule has 3 unspecified atom stereocenters. The van der Waals surface area contributed by atoms with Gasteiger partial charge in [-0.1, -0.05) is 45.0 Å². The van der Waals surface area contributed by atoms with E-state index in [2.05, 4.69) is 32.9 Å².